The second-order valence-electron chi connectivity index (χ2n) is 5.18. The first-order chi connectivity index (χ1) is 10.3. The van der Waals surface area contributed by atoms with Crippen molar-refractivity contribution < 1.29 is 4.74 Å². The number of unbranched alkanes of at least 4 members (excludes halogenated alkanes) is 1. The van der Waals surface area contributed by atoms with Gasteiger partial charge in [-0.3, -0.25) is 9.89 Å². The van der Waals surface area contributed by atoms with E-state index in [1.54, 1.807) is 11.3 Å². The number of hydrogen-bond acceptors (Lipinski definition) is 4. The maximum atomic E-state index is 5.85. The van der Waals surface area contributed by atoms with Crippen molar-refractivity contribution in [3.8, 4) is 0 Å². The monoisotopic (exact) mass is 438 g/mol. The molecule has 0 amide bonds. The minimum absolute atomic E-state index is 0. The van der Waals surface area contributed by atoms with Crippen LogP contribution in [0.2, 0.25) is 0 Å². The maximum Gasteiger partial charge on any atom is 0.188 e. The Balaban J connectivity index is 0.00000242. The summed E-state index contributed by atoms with van der Waals surface area (Å²) in [6.07, 6.45) is 3.27. The van der Waals surface area contributed by atoms with Gasteiger partial charge in [-0.05, 0) is 37.3 Å². The molecule has 3 N–H and O–H groups in total. The SMILES string of the molecule is I.NC(=NCCCCN1CCOCC1)NCCc1cccs1. The van der Waals surface area contributed by atoms with Gasteiger partial charge >= 0.3 is 0 Å². The number of thiophene rings is 1. The van der Waals surface area contributed by atoms with E-state index in [0.717, 1.165) is 58.8 Å². The van der Waals surface area contributed by atoms with Crippen LogP contribution in [0.15, 0.2) is 22.5 Å². The van der Waals surface area contributed by atoms with Crippen LogP contribution in [-0.2, 0) is 11.2 Å². The first-order valence-corrected chi connectivity index (χ1v) is 8.59. The van der Waals surface area contributed by atoms with Crippen molar-refractivity contribution in [2.24, 2.45) is 10.7 Å². The fraction of sp³-hybridized carbons (Fsp3) is 0.667. The van der Waals surface area contributed by atoms with E-state index in [9.17, 15) is 0 Å². The van der Waals surface area contributed by atoms with Gasteiger partial charge < -0.3 is 15.8 Å². The number of nitrogens with two attached hydrogens (primary N) is 1. The van der Waals surface area contributed by atoms with Gasteiger partial charge in [-0.15, -0.1) is 35.3 Å². The molecule has 5 nitrogen and oxygen atoms in total. The molecule has 0 bridgehead atoms. The fourth-order valence-electron chi connectivity index (χ4n) is 2.30. The Morgan fingerprint density at radius 1 is 1.36 bits per heavy atom. The fourth-order valence-corrected chi connectivity index (χ4v) is 3.00. The molecule has 1 aliphatic heterocycles. The van der Waals surface area contributed by atoms with Gasteiger partial charge in [0.2, 0.25) is 0 Å². The van der Waals surface area contributed by atoms with Crippen LogP contribution in [0.5, 0.6) is 0 Å². The van der Waals surface area contributed by atoms with Crippen molar-refractivity contribution in [3.63, 3.8) is 0 Å². The van der Waals surface area contributed by atoms with Crippen molar-refractivity contribution in [1.82, 2.24) is 10.2 Å². The van der Waals surface area contributed by atoms with E-state index >= 15 is 0 Å². The summed E-state index contributed by atoms with van der Waals surface area (Å²) in [6, 6.07) is 4.22. The maximum absolute atomic E-state index is 5.85. The molecule has 0 radical (unpaired) electrons. The van der Waals surface area contributed by atoms with Gasteiger partial charge in [0.25, 0.3) is 0 Å². The first-order valence-electron chi connectivity index (χ1n) is 7.71. The Hall–Kier alpha value is -0.380. The van der Waals surface area contributed by atoms with Gasteiger partial charge in [0.05, 0.1) is 13.2 Å². The normalized spacial score (nSPS) is 16.3. The van der Waals surface area contributed by atoms with E-state index in [4.69, 9.17) is 10.5 Å². The van der Waals surface area contributed by atoms with Crippen molar-refractivity contribution in [2.75, 3.05) is 45.9 Å². The Morgan fingerprint density at radius 2 is 2.18 bits per heavy atom. The van der Waals surface area contributed by atoms with Gasteiger partial charge in [-0.2, -0.15) is 0 Å². The van der Waals surface area contributed by atoms with Crippen molar-refractivity contribution >= 4 is 41.3 Å². The van der Waals surface area contributed by atoms with Gasteiger partial charge in [0.15, 0.2) is 5.96 Å². The minimum atomic E-state index is 0. The summed E-state index contributed by atoms with van der Waals surface area (Å²) < 4.78 is 5.34. The summed E-state index contributed by atoms with van der Waals surface area (Å²) >= 11 is 1.78. The molecule has 0 atom stereocenters. The largest absolute Gasteiger partial charge is 0.379 e. The van der Waals surface area contributed by atoms with Gasteiger partial charge in [-0.1, -0.05) is 6.07 Å². The van der Waals surface area contributed by atoms with E-state index in [-0.39, 0.29) is 24.0 Å². The molecular formula is C15H27IN4OS. The van der Waals surface area contributed by atoms with Gasteiger partial charge in [0.1, 0.15) is 0 Å². The summed E-state index contributed by atoms with van der Waals surface area (Å²) in [5.41, 5.74) is 5.85. The molecule has 126 valence electrons. The predicted octanol–water partition coefficient (Wildman–Crippen LogP) is 1.93. The van der Waals surface area contributed by atoms with Crippen LogP contribution >= 0.6 is 35.3 Å². The van der Waals surface area contributed by atoms with E-state index in [1.807, 2.05) is 0 Å². The van der Waals surface area contributed by atoms with Crippen LogP contribution in [0, 0.1) is 0 Å². The molecule has 1 aliphatic rings. The molecular weight excluding hydrogens is 411 g/mol. The van der Waals surface area contributed by atoms with Crippen LogP contribution in [0.4, 0.5) is 0 Å². The van der Waals surface area contributed by atoms with E-state index in [0.29, 0.717) is 5.96 Å². The molecule has 1 saturated heterocycles. The zero-order valence-corrected chi connectivity index (χ0v) is 16.1. The molecule has 22 heavy (non-hydrogen) atoms. The third-order valence-electron chi connectivity index (χ3n) is 3.53. The molecule has 0 aliphatic carbocycles. The lowest BCUT2D eigenvalue weighted by atomic mass is 10.3. The third-order valence-corrected chi connectivity index (χ3v) is 4.46. The summed E-state index contributed by atoms with van der Waals surface area (Å²) in [6.45, 7) is 6.68. The highest BCUT2D eigenvalue weighted by Crippen LogP contribution is 2.07. The van der Waals surface area contributed by atoms with E-state index in [2.05, 4.69) is 32.7 Å². The first kappa shape index (κ1) is 19.7. The zero-order chi connectivity index (χ0) is 14.8. The molecule has 1 aromatic heterocycles. The molecule has 1 fully saturated rings. The highest BCUT2D eigenvalue weighted by atomic mass is 127. The lowest BCUT2D eigenvalue weighted by Gasteiger charge is -2.26. The zero-order valence-electron chi connectivity index (χ0n) is 13.0. The number of nitrogens with zero attached hydrogens (tertiary/aromatic N) is 2. The molecule has 0 saturated carbocycles. The predicted molar refractivity (Wildman–Crippen MR) is 104 cm³/mol. The van der Waals surface area contributed by atoms with Crippen LogP contribution in [0.3, 0.4) is 0 Å². The number of rotatable bonds is 8. The Bertz CT molecular complexity index is 408. The topological polar surface area (TPSA) is 62.9 Å². The molecule has 0 aromatic carbocycles. The summed E-state index contributed by atoms with van der Waals surface area (Å²) in [7, 11) is 0. The number of morpholine rings is 1. The molecule has 0 unspecified atom stereocenters. The highest BCUT2D eigenvalue weighted by molar-refractivity contribution is 14.0. The lowest BCUT2D eigenvalue weighted by Crippen LogP contribution is -2.36. The second kappa shape index (κ2) is 12.1. The van der Waals surface area contributed by atoms with Gasteiger partial charge in [0, 0.05) is 31.1 Å². The quantitative estimate of drug-likeness (QED) is 0.282. The van der Waals surface area contributed by atoms with Crippen LogP contribution in [-0.4, -0.2) is 56.8 Å². The summed E-state index contributed by atoms with van der Waals surface area (Å²) in [5, 5.41) is 5.27. The number of aliphatic imine (C=N–C) groups is 1. The Kier molecular flexibility index (Phi) is 10.8. The molecule has 0 spiro atoms. The molecule has 7 heteroatoms. The third kappa shape index (κ3) is 8.30. The summed E-state index contributed by atoms with van der Waals surface area (Å²) in [4.78, 5) is 8.20. The van der Waals surface area contributed by atoms with Crippen LogP contribution in [0.25, 0.3) is 0 Å². The van der Waals surface area contributed by atoms with E-state index in [1.165, 1.54) is 11.3 Å². The van der Waals surface area contributed by atoms with Crippen molar-refractivity contribution in [3.05, 3.63) is 22.4 Å². The molecule has 2 heterocycles. The standard InChI is InChI=1S/C15H26N4OS.HI/c16-15(18-7-5-14-4-3-13-21-14)17-6-1-2-8-19-9-11-20-12-10-19;/h3-4,13H,1-2,5-12H2,(H3,16,17,18);1H. The minimum Gasteiger partial charge on any atom is -0.379 e. The van der Waals surface area contributed by atoms with Crippen LogP contribution < -0.4 is 11.1 Å². The van der Waals surface area contributed by atoms with Gasteiger partial charge in [-0.25, -0.2) is 0 Å². The van der Waals surface area contributed by atoms with Crippen molar-refractivity contribution in [1.29, 1.82) is 0 Å². The van der Waals surface area contributed by atoms with Crippen molar-refractivity contribution in [2.45, 2.75) is 19.3 Å². The number of ether oxygens (including phenoxy) is 1. The average molecular weight is 438 g/mol. The number of hydrogen-bond donors (Lipinski definition) is 2. The van der Waals surface area contributed by atoms with E-state index < -0.39 is 0 Å². The number of guanidine groups is 1. The lowest BCUT2D eigenvalue weighted by molar-refractivity contribution is 0.0373. The Morgan fingerprint density at radius 3 is 2.91 bits per heavy atom. The second-order valence-corrected chi connectivity index (χ2v) is 6.22. The summed E-state index contributed by atoms with van der Waals surface area (Å²) in [5.74, 6) is 0.568. The molecule has 2 rings (SSSR count). The smallest absolute Gasteiger partial charge is 0.188 e. The Labute approximate surface area is 154 Å². The average Bonchev–Trinajstić information content (AvgIpc) is 3.01. The molecule has 1 aromatic rings. The number of nitrogens with one attached hydrogen (secondary N) is 1. The number of halogens is 1. The van der Waals surface area contributed by atoms with Crippen LogP contribution in [0.1, 0.15) is 17.7 Å². The highest BCUT2D eigenvalue weighted by Gasteiger charge is 2.08.